The second kappa shape index (κ2) is 5.19. The highest BCUT2D eigenvalue weighted by molar-refractivity contribution is 5.76. The zero-order chi connectivity index (χ0) is 14.0. The molecular weight excluding hydrogens is 246 g/mol. The quantitative estimate of drug-likeness (QED) is 0.702. The maximum Gasteiger partial charge on any atom is 0.351 e. The number of aliphatic carboxylic acids is 1. The summed E-state index contributed by atoms with van der Waals surface area (Å²) in [6.45, 7) is 0. The van der Waals surface area contributed by atoms with E-state index in [9.17, 15) is 9.90 Å². The summed E-state index contributed by atoms with van der Waals surface area (Å²) in [6.07, 6.45) is 3.86. The van der Waals surface area contributed by atoms with Crippen LogP contribution in [0.2, 0.25) is 0 Å². The molecule has 0 heterocycles. The number of benzene rings is 1. The number of nitrogens with two attached hydrogens (primary N) is 1. The Morgan fingerprint density at radius 3 is 2.58 bits per heavy atom. The van der Waals surface area contributed by atoms with Crippen LogP contribution in [0.5, 0.6) is 5.75 Å². The van der Waals surface area contributed by atoms with E-state index in [-0.39, 0.29) is 6.42 Å². The lowest BCUT2D eigenvalue weighted by molar-refractivity contribution is -0.157. The lowest BCUT2D eigenvalue weighted by Crippen LogP contribution is -2.50. The van der Waals surface area contributed by atoms with E-state index in [0.717, 1.165) is 48.1 Å². The van der Waals surface area contributed by atoms with Crippen molar-refractivity contribution in [2.75, 3.05) is 7.11 Å². The smallest absolute Gasteiger partial charge is 0.351 e. The van der Waals surface area contributed by atoms with Gasteiger partial charge in [0.1, 0.15) is 5.75 Å². The van der Waals surface area contributed by atoms with Gasteiger partial charge in [-0.05, 0) is 48.4 Å². The van der Waals surface area contributed by atoms with Crippen molar-refractivity contribution in [2.24, 2.45) is 5.73 Å². The highest BCUT2D eigenvalue weighted by atomic mass is 16.5. The fourth-order valence-corrected chi connectivity index (χ4v) is 2.63. The second-order valence-corrected chi connectivity index (χ2v) is 5.00. The normalized spacial score (nSPS) is 17.4. The van der Waals surface area contributed by atoms with Gasteiger partial charge in [0.25, 0.3) is 0 Å². The Labute approximate surface area is 112 Å². The number of fused-ring (bicyclic) bond motifs is 1. The van der Waals surface area contributed by atoms with Gasteiger partial charge in [0, 0.05) is 6.42 Å². The number of ether oxygens (including phenoxy) is 1. The largest absolute Gasteiger partial charge is 0.496 e. The number of hydrogen-bond donors (Lipinski definition) is 3. The van der Waals surface area contributed by atoms with Crippen molar-refractivity contribution < 1.29 is 19.7 Å². The van der Waals surface area contributed by atoms with Gasteiger partial charge in [-0.3, -0.25) is 5.73 Å². The van der Waals surface area contributed by atoms with Crippen LogP contribution < -0.4 is 10.5 Å². The molecule has 1 aromatic carbocycles. The van der Waals surface area contributed by atoms with Crippen molar-refractivity contribution in [2.45, 2.75) is 37.8 Å². The predicted octanol–water partition coefficient (Wildman–Crippen LogP) is 0.848. The van der Waals surface area contributed by atoms with E-state index in [1.165, 1.54) is 0 Å². The van der Waals surface area contributed by atoms with Crippen LogP contribution in [0.15, 0.2) is 12.1 Å². The van der Waals surface area contributed by atoms with Gasteiger partial charge in [-0.2, -0.15) is 0 Å². The molecule has 0 amide bonds. The Morgan fingerprint density at radius 1 is 1.37 bits per heavy atom. The van der Waals surface area contributed by atoms with Crippen LogP contribution in [-0.4, -0.2) is 29.0 Å². The fourth-order valence-electron chi connectivity index (χ4n) is 2.63. The molecule has 5 nitrogen and oxygen atoms in total. The molecule has 1 unspecified atom stereocenters. The van der Waals surface area contributed by atoms with E-state index >= 15 is 0 Å². The zero-order valence-corrected chi connectivity index (χ0v) is 11.0. The number of carboxylic acid groups (broad SMARTS) is 1. The van der Waals surface area contributed by atoms with Gasteiger partial charge in [-0.25, -0.2) is 4.79 Å². The van der Waals surface area contributed by atoms with Gasteiger partial charge in [0.15, 0.2) is 0 Å². The molecule has 0 aromatic heterocycles. The van der Waals surface area contributed by atoms with E-state index in [0.29, 0.717) is 0 Å². The molecule has 0 fully saturated rings. The molecule has 0 spiro atoms. The SMILES string of the molecule is COc1ccc(CC(N)(O)C(=O)O)c2c1CCCC2. The molecule has 0 radical (unpaired) electrons. The predicted molar refractivity (Wildman–Crippen MR) is 70.1 cm³/mol. The summed E-state index contributed by atoms with van der Waals surface area (Å²) in [5.41, 5.74) is 6.19. The molecule has 0 saturated heterocycles. The molecule has 104 valence electrons. The Bertz CT molecular complexity index is 496. The van der Waals surface area contributed by atoms with E-state index in [4.69, 9.17) is 15.6 Å². The molecule has 0 saturated carbocycles. The van der Waals surface area contributed by atoms with E-state index in [1.807, 2.05) is 6.07 Å². The number of carboxylic acids is 1. The average molecular weight is 265 g/mol. The Morgan fingerprint density at radius 2 is 2.00 bits per heavy atom. The lowest BCUT2D eigenvalue weighted by atomic mass is 9.85. The number of aliphatic hydroxyl groups is 1. The summed E-state index contributed by atoms with van der Waals surface area (Å²) < 4.78 is 5.34. The first-order valence-electron chi connectivity index (χ1n) is 6.38. The van der Waals surface area contributed by atoms with Crippen molar-refractivity contribution >= 4 is 5.97 Å². The Kier molecular flexibility index (Phi) is 3.78. The fraction of sp³-hybridized carbons (Fsp3) is 0.500. The van der Waals surface area contributed by atoms with Crippen LogP contribution in [0.1, 0.15) is 29.5 Å². The molecular formula is C14H19NO4. The minimum absolute atomic E-state index is 0.0886. The first kappa shape index (κ1) is 13.8. The van der Waals surface area contributed by atoms with Crippen molar-refractivity contribution in [3.05, 3.63) is 28.8 Å². The lowest BCUT2D eigenvalue weighted by Gasteiger charge is -2.25. The molecule has 19 heavy (non-hydrogen) atoms. The van der Waals surface area contributed by atoms with Crippen molar-refractivity contribution in [3.8, 4) is 5.75 Å². The average Bonchev–Trinajstić information content (AvgIpc) is 2.38. The van der Waals surface area contributed by atoms with Gasteiger partial charge in [-0.1, -0.05) is 6.07 Å². The Hall–Kier alpha value is -1.59. The van der Waals surface area contributed by atoms with Gasteiger partial charge in [-0.15, -0.1) is 0 Å². The van der Waals surface area contributed by atoms with Crippen molar-refractivity contribution in [1.82, 2.24) is 0 Å². The van der Waals surface area contributed by atoms with E-state index < -0.39 is 11.7 Å². The molecule has 0 aliphatic heterocycles. The van der Waals surface area contributed by atoms with Gasteiger partial charge in [0.2, 0.25) is 5.72 Å². The molecule has 0 bridgehead atoms. The topological polar surface area (TPSA) is 92.8 Å². The molecule has 1 aliphatic rings. The molecule has 2 rings (SSSR count). The summed E-state index contributed by atoms with van der Waals surface area (Å²) in [7, 11) is 1.63. The minimum atomic E-state index is -2.22. The highest BCUT2D eigenvalue weighted by Gasteiger charge is 2.32. The molecule has 5 heteroatoms. The van der Waals surface area contributed by atoms with Crippen LogP contribution in [0, 0.1) is 0 Å². The molecule has 1 aromatic rings. The number of methoxy groups -OCH3 is 1. The van der Waals surface area contributed by atoms with Gasteiger partial charge < -0.3 is 14.9 Å². The van der Waals surface area contributed by atoms with Crippen LogP contribution in [-0.2, 0) is 24.1 Å². The summed E-state index contributed by atoms with van der Waals surface area (Å²) in [4.78, 5) is 10.9. The maximum atomic E-state index is 10.9. The third-order valence-electron chi connectivity index (χ3n) is 3.64. The van der Waals surface area contributed by atoms with E-state index in [2.05, 4.69) is 0 Å². The zero-order valence-electron chi connectivity index (χ0n) is 11.0. The standard InChI is InChI=1S/C14H19NO4/c1-19-12-7-6-9(8-14(15,18)13(16)17)10-4-2-3-5-11(10)12/h6-7,18H,2-5,8,15H2,1H3,(H,16,17). The van der Waals surface area contributed by atoms with Gasteiger partial charge in [0.05, 0.1) is 7.11 Å². The molecule has 4 N–H and O–H groups in total. The first-order chi connectivity index (χ1) is 8.95. The van der Waals surface area contributed by atoms with Crippen LogP contribution in [0.4, 0.5) is 0 Å². The summed E-state index contributed by atoms with van der Waals surface area (Å²) >= 11 is 0. The first-order valence-corrected chi connectivity index (χ1v) is 6.38. The number of hydrogen-bond acceptors (Lipinski definition) is 4. The summed E-state index contributed by atoms with van der Waals surface area (Å²) in [6, 6.07) is 3.61. The van der Waals surface area contributed by atoms with Crippen LogP contribution in [0.25, 0.3) is 0 Å². The molecule has 1 aliphatic carbocycles. The number of carbonyl (C=O) groups is 1. The minimum Gasteiger partial charge on any atom is -0.496 e. The van der Waals surface area contributed by atoms with E-state index in [1.54, 1.807) is 13.2 Å². The maximum absolute atomic E-state index is 10.9. The molecule has 1 atom stereocenters. The highest BCUT2D eigenvalue weighted by Crippen LogP contribution is 2.33. The monoisotopic (exact) mass is 265 g/mol. The third kappa shape index (κ3) is 2.72. The third-order valence-corrected chi connectivity index (χ3v) is 3.64. The number of rotatable bonds is 4. The summed E-state index contributed by atoms with van der Waals surface area (Å²) in [5.74, 6) is -0.581. The van der Waals surface area contributed by atoms with Crippen LogP contribution >= 0.6 is 0 Å². The van der Waals surface area contributed by atoms with Crippen molar-refractivity contribution in [1.29, 1.82) is 0 Å². The van der Waals surface area contributed by atoms with Gasteiger partial charge >= 0.3 is 5.97 Å². The van der Waals surface area contributed by atoms with Crippen LogP contribution in [0.3, 0.4) is 0 Å². The summed E-state index contributed by atoms with van der Waals surface area (Å²) in [5, 5.41) is 18.6. The second-order valence-electron chi connectivity index (χ2n) is 5.00. The Balaban J connectivity index is 2.39. The van der Waals surface area contributed by atoms with Crippen molar-refractivity contribution in [3.63, 3.8) is 0 Å².